The molecule has 0 unspecified atom stereocenters. The van der Waals surface area contributed by atoms with Crippen LogP contribution >= 0.6 is 0 Å². The number of rotatable bonds is 7. The molecule has 4 heterocycles. The molecular formula is C20H29N5O3S. The van der Waals surface area contributed by atoms with Crippen molar-refractivity contribution >= 4 is 10.0 Å². The van der Waals surface area contributed by atoms with Crippen LogP contribution in [0.25, 0.3) is 0 Å². The fourth-order valence-electron chi connectivity index (χ4n) is 4.64. The summed E-state index contributed by atoms with van der Waals surface area (Å²) in [7, 11) is -1.16. The van der Waals surface area contributed by atoms with E-state index in [0.717, 1.165) is 37.2 Å². The van der Waals surface area contributed by atoms with E-state index >= 15 is 0 Å². The van der Waals surface area contributed by atoms with Crippen LogP contribution in [0.15, 0.2) is 35.4 Å². The maximum absolute atomic E-state index is 13.1. The highest BCUT2D eigenvalue weighted by Gasteiger charge is 2.37. The van der Waals surface area contributed by atoms with Crippen LogP contribution in [0, 0.1) is 5.92 Å². The predicted octanol–water partition coefficient (Wildman–Crippen LogP) is 0.946. The topological polar surface area (TPSA) is 80.4 Å². The number of nitrogens with zero attached hydrogens (tertiary/aromatic N) is 5. The van der Waals surface area contributed by atoms with E-state index in [1.807, 2.05) is 40.7 Å². The first kappa shape index (κ1) is 20.3. The molecule has 0 saturated carbocycles. The summed E-state index contributed by atoms with van der Waals surface area (Å²) in [4.78, 5) is 15.3. The van der Waals surface area contributed by atoms with Crippen molar-refractivity contribution in [3.8, 4) is 0 Å². The number of sulfonamides is 1. The molecule has 0 aromatic carbocycles. The number of fused-ring (bicyclic) bond motifs is 4. The Labute approximate surface area is 171 Å². The summed E-state index contributed by atoms with van der Waals surface area (Å²) in [6.45, 7) is 3.95. The van der Waals surface area contributed by atoms with Gasteiger partial charge in [0.2, 0.25) is 10.0 Å². The van der Waals surface area contributed by atoms with Crippen molar-refractivity contribution in [2.75, 3.05) is 32.9 Å². The largest absolute Gasteiger partial charge is 0.312 e. The Morgan fingerprint density at radius 2 is 2.07 bits per heavy atom. The van der Waals surface area contributed by atoms with Gasteiger partial charge in [0.05, 0.1) is 6.26 Å². The van der Waals surface area contributed by atoms with Crippen LogP contribution in [-0.4, -0.2) is 64.9 Å². The summed E-state index contributed by atoms with van der Waals surface area (Å²) in [6.07, 6.45) is 6.93. The zero-order chi connectivity index (χ0) is 20.6. The first-order chi connectivity index (χ1) is 13.8. The monoisotopic (exact) mass is 419 g/mol. The number of aryl methyl sites for hydroxylation is 1. The maximum Gasteiger partial charge on any atom is 0.255 e. The molecule has 9 heteroatoms. The average molecular weight is 420 g/mol. The first-order valence-corrected chi connectivity index (χ1v) is 12.0. The quantitative estimate of drug-likeness (QED) is 0.667. The van der Waals surface area contributed by atoms with Crippen LogP contribution in [-0.2, 0) is 29.7 Å². The second kappa shape index (κ2) is 8.04. The lowest BCUT2D eigenvalue weighted by molar-refractivity contribution is 0.186. The van der Waals surface area contributed by atoms with Gasteiger partial charge in [0.1, 0.15) is 0 Å². The highest BCUT2D eigenvalue weighted by molar-refractivity contribution is 7.88. The van der Waals surface area contributed by atoms with Gasteiger partial charge in [-0.2, -0.15) is 5.10 Å². The molecule has 2 atom stereocenters. The summed E-state index contributed by atoms with van der Waals surface area (Å²) in [6, 6.07) is 5.88. The molecule has 4 rings (SSSR count). The summed E-state index contributed by atoms with van der Waals surface area (Å²) in [5.74, 6) is 0.307. The standard InChI is InChI=1S/C20H29N5O3S/c1-22(8-4-10-23-9-3-7-21-23)14-17-5-6-19-18-11-16(13-25(19)20(17)26)12-24(15-18)29(2,27)28/h3,5-7,9,16,18H,4,8,10-15H2,1-2H3/t16-,18+/m0/s1. The number of piperidine rings is 1. The maximum atomic E-state index is 13.1. The Morgan fingerprint density at radius 3 is 2.79 bits per heavy atom. The minimum absolute atomic E-state index is 0.0731. The van der Waals surface area contributed by atoms with Crippen molar-refractivity contribution in [3.05, 3.63) is 52.2 Å². The van der Waals surface area contributed by atoms with Gasteiger partial charge in [-0.15, -0.1) is 0 Å². The first-order valence-electron chi connectivity index (χ1n) is 10.1. The second-order valence-electron chi connectivity index (χ2n) is 8.44. The number of hydrogen-bond donors (Lipinski definition) is 0. The molecule has 0 aliphatic carbocycles. The van der Waals surface area contributed by atoms with E-state index in [-0.39, 0.29) is 17.4 Å². The van der Waals surface area contributed by atoms with E-state index in [1.165, 1.54) is 6.26 Å². The third kappa shape index (κ3) is 4.46. The van der Waals surface area contributed by atoms with E-state index in [0.29, 0.717) is 26.2 Å². The fourth-order valence-corrected chi connectivity index (χ4v) is 5.58. The van der Waals surface area contributed by atoms with Gasteiger partial charge in [-0.25, -0.2) is 12.7 Å². The van der Waals surface area contributed by atoms with Crippen molar-refractivity contribution in [2.45, 2.75) is 38.4 Å². The van der Waals surface area contributed by atoms with Gasteiger partial charge in [-0.3, -0.25) is 9.48 Å². The molecular weight excluding hydrogens is 390 g/mol. The molecule has 8 nitrogen and oxygen atoms in total. The van der Waals surface area contributed by atoms with Crippen molar-refractivity contribution in [3.63, 3.8) is 0 Å². The third-order valence-corrected chi connectivity index (χ3v) is 7.28. The highest BCUT2D eigenvalue weighted by Crippen LogP contribution is 2.35. The van der Waals surface area contributed by atoms with Gasteiger partial charge >= 0.3 is 0 Å². The summed E-state index contributed by atoms with van der Waals surface area (Å²) in [5, 5.41) is 4.21. The van der Waals surface area contributed by atoms with E-state index in [1.54, 1.807) is 10.5 Å². The van der Waals surface area contributed by atoms with Gasteiger partial charge < -0.3 is 9.47 Å². The molecule has 2 aliphatic heterocycles. The Balaban J connectivity index is 1.44. The lowest BCUT2D eigenvalue weighted by atomic mass is 9.84. The molecule has 1 fully saturated rings. The van der Waals surface area contributed by atoms with Crippen LogP contribution in [0.5, 0.6) is 0 Å². The van der Waals surface area contributed by atoms with Crippen LogP contribution < -0.4 is 5.56 Å². The Kier molecular flexibility index (Phi) is 5.63. The zero-order valence-electron chi connectivity index (χ0n) is 17.1. The second-order valence-corrected chi connectivity index (χ2v) is 10.4. The summed E-state index contributed by atoms with van der Waals surface area (Å²) < 4.78 is 29.3. The third-order valence-electron chi connectivity index (χ3n) is 6.05. The van der Waals surface area contributed by atoms with E-state index in [4.69, 9.17) is 0 Å². The summed E-state index contributed by atoms with van der Waals surface area (Å²) >= 11 is 0. The van der Waals surface area contributed by atoms with Crippen molar-refractivity contribution < 1.29 is 8.42 Å². The van der Waals surface area contributed by atoms with Crippen molar-refractivity contribution in [1.82, 2.24) is 23.6 Å². The lowest BCUT2D eigenvalue weighted by Crippen LogP contribution is -2.49. The fraction of sp³-hybridized carbons (Fsp3) is 0.600. The molecule has 0 radical (unpaired) electrons. The van der Waals surface area contributed by atoms with Gasteiger partial charge in [0.15, 0.2) is 0 Å². The Hall–Kier alpha value is -1.97. The molecule has 2 aromatic heterocycles. The molecule has 158 valence electrons. The SMILES string of the molecule is CN(CCCn1cccn1)Cc1ccc2n(c1=O)C[C@H]1C[C@@H]2CN(S(C)(=O)=O)C1. The van der Waals surface area contributed by atoms with E-state index in [9.17, 15) is 13.2 Å². The Bertz CT molecular complexity index is 1020. The van der Waals surface area contributed by atoms with Crippen molar-refractivity contribution in [1.29, 1.82) is 0 Å². The molecule has 0 N–H and O–H groups in total. The lowest BCUT2D eigenvalue weighted by Gasteiger charge is -2.41. The zero-order valence-corrected chi connectivity index (χ0v) is 17.9. The minimum Gasteiger partial charge on any atom is -0.312 e. The minimum atomic E-state index is -3.20. The van der Waals surface area contributed by atoms with Crippen molar-refractivity contribution in [2.24, 2.45) is 5.92 Å². The number of aromatic nitrogens is 3. The van der Waals surface area contributed by atoms with E-state index < -0.39 is 10.0 Å². The molecule has 0 spiro atoms. The van der Waals surface area contributed by atoms with Gasteiger partial charge in [0.25, 0.3) is 5.56 Å². The smallest absolute Gasteiger partial charge is 0.255 e. The van der Waals surface area contributed by atoms with Gasteiger partial charge in [0, 0.05) is 62.3 Å². The van der Waals surface area contributed by atoms with Crippen LogP contribution in [0.4, 0.5) is 0 Å². The van der Waals surface area contributed by atoms with Gasteiger partial charge in [-0.1, -0.05) is 6.07 Å². The molecule has 29 heavy (non-hydrogen) atoms. The average Bonchev–Trinajstić information content (AvgIpc) is 3.17. The molecule has 1 saturated heterocycles. The number of hydrogen-bond acceptors (Lipinski definition) is 5. The normalized spacial score (nSPS) is 22.0. The molecule has 2 aromatic rings. The Morgan fingerprint density at radius 1 is 1.24 bits per heavy atom. The molecule has 2 aliphatic rings. The molecule has 2 bridgehead atoms. The summed E-state index contributed by atoms with van der Waals surface area (Å²) in [5.41, 5.74) is 1.85. The van der Waals surface area contributed by atoms with Gasteiger partial charge in [-0.05, 0) is 44.5 Å². The van der Waals surface area contributed by atoms with Crippen LogP contribution in [0.2, 0.25) is 0 Å². The molecule has 0 amide bonds. The van der Waals surface area contributed by atoms with E-state index in [2.05, 4.69) is 10.00 Å². The van der Waals surface area contributed by atoms with Crippen LogP contribution in [0.3, 0.4) is 0 Å². The predicted molar refractivity (Wildman–Crippen MR) is 111 cm³/mol. The highest BCUT2D eigenvalue weighted by atomic mass is 32.2. The van der Waals surface area contributed by atoms with Crippen LogP contribution in [0.1, 0.15) is 30.0 Å². The number of pyridine rings is 1.